The van der Waals surface area contributed by atoms with Crippen molar-refractivity contribution in [2.24, 2.45) is 0 Å². The number of rotatable bonds is 5. The second kappa shape index (κ2) is 8.01. The van der Waals surface area contributed by atoms with E-state index in [1.807, 2.05) is 16.8 Å². The highest BCUT2D eigenvalue weighted by Gasteiger charge is 2.21. The monoisotopic (exact) mass is 354 g/mol. The number of nitrogens with one attached hydrogen (secondary N) is 1. The molecule has 3 heterocycles. The first-order valence-electron chi connectivity index (χ1n) is 9.51. The molecule has 1 aromatic heterocycles. The Labute approximate surface area is 154 Å². The molecule has 2 aliphatic rings. The van der Waals surface area contributed by atoms with Gasteiger partial charge in [0.2, 0.25) is 0 Å². The second-order valence-electron chi connectivity index (χ2n) is 7.14. The quantitative estimate of drug-likeness (QED) is 0.894. The summed E-state index contributed by atoms with van der Waals surface area (Å²) in [6.07, 6.45) is 3.30. The van der Waals surface area contributed by atoms with Crippen LogP contribution in [0.2, 0.25) is 0 Å². The van der Waals surface area contributed by atoms with Crippen LogP contribution < -0.4 is 5.32 Å². The molecule has 6 heteroatoms. The number of amides is 1. The van der Waals surface area contributed by atoms with E-state index in [0.29, 0.717) is 12.2 Å². The molecule has 2 aromatic rings. The minimum Gasteiger partial charge on any atom is -0.376 e. The molecule has 1 aromatic carbocycles. The van der Waals surface area contributed by atoms with Gasteiger partial charge in [-0.05, 0) is 30.9 Å². The highest BCUT2D eigenvalue weighted by molar-refractivity contribution is 5.92. The second-order valence-corrected chi connectivity index (χ2v) is 7.14. The lowest BCUT2D eigenvalue weighted by atomic mass is 10.2. The van der Waals surface area contributed by atoms with Crippen molar-refractivity contribution in [3.63, 3.8) is 0 Å². The number of benzene rings is 1. The van der Waals surface area contributed by atoms with Crippen LogP contribution >= 0.6 is 0 Å². The van der Waals surface area contributed by atoms with Gasteiger partial charge in [-0.1, -0.05) is 30.3 Å². The summed E-state index contributed by atoms with van der Waals surface area (Å²) in [6, 6.07) is 12.5. The third-order valence-corrected chi connectivity index (χ3v) is 5.09. The van der Waals surface area contributed by atoms with Crippen LogP contribution in [0.5, 0.6) is 0 Å². The molecule has 1 amide bonds. The maximum absolute atomic E-state index is 12.4. The van der Waals surface area contributed by atoms with Gasteiger partial charge in [0, 0.05) is 39.3 Å². The van der Waals surface area contributed by atoms with Crippen LogP contribution in [0, 0.1) is 0 Å². The van der Waals surface area contributed by atoms with Crippen LogP contribution in [0.3, 0.4) is 0 Å². The van der Waals surface area contributed by atoms with Gasteiger partial charge in [0.15, 0.2) is 0 Å². The molecule has 0 unspecified atom stereocenters. The van der Waals surface area contributed by atoms with Crippen molar-refractivity contribution in [1.29, 1.82) is 0 Å². The molecule has 1 saturated heterocycles. The molecule has 0 spiro atoms. The fourth-order valence-electron chi connectivity index (χ4n) is 3.72. The topological polar surface area (TPSA) is 59.4 Å². The first-order valence-corrected chi connectivity index (χ1v) is 9.51. The van der Waals surface area contributed by atoms with Gasteiger partial charge in [-0.3, -0.25) is 14.4 Å². The van der Waals surface area contributed by atoms with E-state index in [1.54, 1.807) is 0 Å². The Balaban J connectivity index is 1.39. The zero-order valence-corrected chi connectivity index (χ0v) is 15.1. The van der Waals surface area contributed by atoms with Crippen molar-refractivity contribution in [1.82, 2.24) is 20.0 Å². The number of nitrogens with zero attached hydrogens (tertiary/aromatic N) is 3. The molecule has 4 rings (SSSR count). The smallest absolute Gasteiger partial charge is 0.271 e. The summed E-state index contributed by atoms with van der Waals surface area (Å²) < 4.78 is 7.55. The molecular formula is C20H26N4O2. The summed E-state index contributed by atoms with van der Waals surface area (Å²) in [5, 5.41) is 7.50. The first kappa shape index (κ1) is 17.2. The number of aromatic nitrogens is 2. The zero-order valence-electron chi connectivity index (χ0n) is 15.1. The zero-order chi connectivity index (χ0) is 17.8. The SMILES string of the molecule is O=C(NC[C@@H]1CCCO1)c1cc2n(n1)CCCN(Cc1ccccc1)C2. The van der Waals surface area contributed by atoms with Crippen LogP contribution in [0.15, 0.2) is 36.4 Å². The Morgan fingerprint density at radius 1 is 1.23 bits per heavy atom. The lowest BCUT2D eigenvalue weighted by molar-refractivity contribution is 0.0853. The van der Waals surface area contributed by atoms with E-state index in [4.69, 9.17) is 4.74 Å². The highest BCUT2D eigenvalue weighted by Crippen LogP contribution is 2.17. The fourth-order valence-corrected chi connectivity index (χ4v) is 3.72. The molecule has 138 valence electrons. The lowest BCUT2D eigenvalue weighted by Gasteiger charge is -2.19. The standard InChI is InChI=1S/C20H26N4O2/c25-20(21-13-18-8-4-11-26-18)19-12-17-15-23(9-5-10-24(17)22-19)14-16-6-2-1-3-7-16/h1-3,6-7,12,18H,4-5,8-11,13-15H2,(H,21,25)/t18-/m0/s1. The molecule has 6 nitrogen and oxygen atoms in total. The van der Waals surface area contributed by atoms with Gasteiger partial charge in [-0.25, -0.2) is 0 Å². The Morgan fingerprint density at radius 3 is 2.92 bits per heavy atom. The van der Waals surface area contributed by atoms with E-state index in [9.17, 15) is 4.79 Å². The van der Waals surface area contributed by atoms with Crippen LogP contribution in [0.4, 0.5) is 0 Å². The van der Waals surface area contributed by atoms with E-state index >= 15 is 0 Å². The van der Waals surface area contributed by atoms with Crippen LogP contribution in [-0.2, 0) is 24.4 Å². The highest BCUT2D eigenvalue weighted by atomic mass is 16.5. The first-order chi connectivity index (χ1) is 12.8. The van der Waals surface area contributed by atoms with Gasteiger partial charge in [0.1, 0.15) is 5.69 Å². The van der Waals surface area contributed by atoms with Gasteiger partial charge < -0.3 is 10.1 Å². The fraction of sp³-hybridized carbons (Fsp3) is 0.500. The van der Waals surface area contributed by atoms with Crippen molar-refractivity contribution >= 4 is 5.91 Å². The average molecular weight is 354 g/mol. The van der Waals surface area contributed by atoms with Crippen molar-refractivity contribution in [3.05, 3.63) is 53.3 Å². The molecule has 26 heavy (non-hydrogen) atoms. The van der Waals surface area contributed by atoms with Gasteiger partial charge in [-0.15, -0.1) is 0 Å². The minimum atomic E-state index is -0.101. The number of aryl methyl sites for hydroxylation is 1. The molecule has 1 fully saturated rings. The minimum absolute atomic E-state index is 0.101. The number of fused-ring (bicyclic) bond motifs is 1. The Hall–Kier alpha value is -2.18. The summed E-state index contributed by atoms with van der Waals surface area (Å²) in [7, 11) is 0. The number of carbonyl (C=O) groups excluding carboxylic acids is 1. The maximum atomic E-state index is 12.4. The Bertz CT molecular complexity index is 738. The van der Waals surface area contributed by atoms with E-state index < -0.39 is 0 Å². The summed E-state index contributed by atoms with van der Waals surface area (Å²) >= 11 is 0. The van der Waals surface area contributed by atoms with Gasteiger partial charge in [0.05, 0.1) is 11.8 Å². The number of hydrogen-bond donors (Lipinski definition) is 1. The Morgan fingerprint density at radius 2 is 2.12 bits per heavy atom. The average Bonchev–Trinajstić information content (AvgIpc) is 3.27. The van der Waals surface area contributed by atoms with E-state index in [1.165, 1.54) is 5.56 Å². The summed E-state index contributed by atoms with van der Waals surface area (Å²) in [5.41, 5.74) is 2.94. The predicted molar refractivity (Wildman–Crippen MR) is 98.7 cm³/mol. The summed E-state index contributed by atoms with van der Waals surface area (Å²) in [6.45, 7) is 5.02. The third-order valence-electron chi connectivity index (χ3n) is 5.09. The van der Waals surface area contributed by atoms with E-state index in [0.717, 1.165) is 57.7 Å². The largest absolute Gasteiger partial charge is 0.376 e. The molecule has 1 N–H and O–H groups in total. The number of carbonyl (C=O) groups is 1. The van der Waals surface area contributed by atoms with Crippen LogP contribution in [0.1, 0.15) is 41.0 Å². The van der Waals surface area contributed by atoms with Gasteiger partial charge >= 0.3 is 0 Å². The molecule has 0 aliphatic carbocycles. The lowest BCUT2D eigenvalue weighted by Crippen LogP contribution is -2.32. The maximum Gasteiger partial charge on any atom is 0.271 e. The number of ether oxygens (including phenoxy) is 1. The summed E-state index contributed by atoms with van der Waals surface area (Å²) in [4.78, 5) is 14.8. The van der Waals surface area contributed by atoms with E-state index in [-0.39, 0.29) is 12.0 Å². The molecule has 1 atom stereocenters. The molecule has 0 saturated carbocycles. The van der Waals surface area contributed by atoms with Gasteiger partial charge in [0.25, 0.3) is 5.91 Å². The Kier molecular flexibility index (Phi) is 5.32. The molecule has 0 radical (unpaired) electrons. The molecule has 0 bridgehead atoms. The van der Waals surface area contributed by atoms with Gasteiger partial charge in [-0.2, -0.15) is 5.10 Å². The van der Waals surface area contributed by atoms with Crippen molar-refractivity contribution in [2.45, 2.75) is 45.0 Å². The van der Waals surface area contributed by atoms with Crippen LogP contribution in [-0.4, -0.2) is 46.4 Å². The van der Waals surface area contributed by atoms with Crippen molar-refractivity contribution < 1.29 is 9.53 Å². The van der Waals surface area contributed by atoms with Crippen LogP contribution in [0.25, 0.3) is 0 Å². The summed E-state index contributed by atoms with van der Waals surface area (Å²) in [5.74, 6) is -0.101. The molecular weight excluding hydrogens is 328 g/mol. The third kappa shape index (κ3) is 4.14. The predicted octanol–water partition coefficient (Wildman–Crippen LogP) is 2.20. The normalized spacial score (nSPS) is 20.5. The number of hydrogen-bond acceptors (Lipinski definition) is 4. The molecule has 2 aliphatic heterocycles. The van der Waals surface area contributed by atoms with Crippen molar-refractivity contribution in [3.8, 4) is 0 Å². The van der Waals surface area contributed by atoms with Crippen molar-refractivity contribution in [2.75, 3.05) is 19.7 Å². The van der Waals surface area contributed by atoms with E-state index in [2.05, 4.69) is 39.6 Å².